The minimum Gasteiger partial charge on any atom is -0.298 e. The third-order valence-electron chi connectivity index (χ3n) is 3.76. The van der Waals surface area contributed by atoms with E-state index in [0.717, 1.165) is 27.1 Å². The molecule has 0 saturated carbocycles. The van der Waals surface area contributed by atoms with E-state index in [1.54, 1.807) is 0 Å². The van der Waals surface area contributed by atoms with Crippen LogP contribution in [-0.4, -0.2) is 6.29 Å². The van der Waals surface area contributed by atoms with E-state index in [1.807, 2.05) is 12.1 Å². The van der Waals surface area contributed by atoms with E-state index >= 15 is 0 Å². The lowest BCUT2D eigenvalue weighted by molar-refractivity contribution is 0.112. The maximum Gasteiger partial charge on any atom is 0.151 e. The molecule has 0 saturated heterocycles. The Morgan fingerprint density at radius 3 is 2.26 bits per heavy atom. The van der Waals surface area contributed by atoms with Crippen LogP contribution in [0.5, 0.6) is 0 Å². The average molecular weight is 309 g/mol. The quantitative estimate of drug-likeness (QED) is 0.351. The molecule has 0 bridgehead atoms. The molecule has 0 unspecified atom stereocenters. The third kappa shape index (κ3) is 1.38. The van der Waals surface area contributed by atoms with Crippen LogP contribution < -0.4 is 0 Å². The van der Waals surface area contributed by atoms with Crippen molar-refractivity contribution in [1.29, 1.82) is 0 Å². The van der Waals surface area contributed by atoms with Crippen LogP contribution >= 0.6 is 15.9 Å². The van der Waals surface area contributed by atoms with Crippen LogP contribution in [0.15, 0.2) is 53.0 Å². The Kier molecular flexibility index (Phi) is 2.18. The summed E-state index contributed by atoms with van der Waals surface area (Å²) in [5.74, 6) is 0. The maximum atomic E-state index is 11.3. The first-order valence-corrected chi connectivity index (χ1v) is 6.90. The SMILES string of the molecule is O=Cc1c(Br)cc2ccc3cccc4ccc1c2c34. The zero-order valence-electron chi connectivity index (χ0n) is 9.98. The Bertz CT molecular complexity index is 924. The van der Waals surface area contributed by atoms with Gasteiger partial charge in [0.05, 0.1) is 0 Å². The summed E-state index contributed by atoms with van der Waals surface area (Å²) < 4.78 is 0.855. The molecule has 0 fully saturated rings. The molecule has 0 N–H and O–H groups in total. The van der Waals surface area contributed by atoms with Gasteiger partial charge in [0.25, 0.3) is 0 Å². The van der Waals surface area contributed by atoms with Crippen molar-refractivity contribution in [2.75, 3.05) is 0 Å². The molecule has 19 heavy (non-hydrogen) atoms. The molecule has 0 radical (unpaired) electrons. The van der Waals surface area contributed by atoms with E-state index in [-0.39, 0.29) is 0 Å². The number of halogens is 1. The van der Waals surface area contributed by atoms with E-state index in [9.17, 15) is 4.79 Å². The van der Waals surface area contributed by atoms with Gasteiger partial charge in [-0.15, -0.1) is 0 Å². The standard InChI is InChI=1S/C17H9BrO/c18-15-8-12-5-4-10-2-1-3-11-6-7-13(14(15)9-19)17(12)16(10)11/h1-9H. The van der Waals surface area contributed by atoms with Crippen LogP contribution in [0.1, 0.15) is 10.4 Å². The number of carbonyl (C=O) groups is 1. The van der Waals surface area contributed by atoms with E-state index in [4.69, 9.17) is 0 Å². The van der Waals surface area contributed by atoms with Crippen LogP contribution in [-0.2, 0) is 0 Å². The summed E-state index contributed by atoms with van der Waals surface area (Å²) in [6.45, 7) is 0. The zero-order valence-corrected chi connectivity index (χ0v) is 11.6. The van der Waals surface area contributed by atoms with Crippen LogP contribution in [0.25, 0.3) is 32.3 Å². The molecular formula is C17H9BrO. The van der Waals surface area contributed by atoms with Gasteiger partial charge in [-0.3, -0.25) is 4.79 Å². The highest BCUT2D eigenvalue weighted by atomic mass is 79.9. The Morgan fingerprint density at radius 2 is 1.53 bits per heavy atom. The van der Waals surface area contributed by atoms with E-state index in [2.05, 4.69) is 52.3 Å². The lowest BCUT2D eigenvalue weighted by Crippen LogP contribution is -1.90. The highest BCUT2D eigenvalue weighted by Crippen LogP contribution is 2.38. The van der Waals surface area contributed by atoms with Crippen LogP contribution in [0.3, 0.4) is 0 Å². The fourth-order valence-corrected chi connectivity index (χ4v) is 3.47. The summed E-state index contributed by atoms with van der Waals surface area (Å²) >= 11 is 3.49. The second kappa shape index (κ2) is 3.78. The first-order valence-electron chi connectivity index (χ1n) is 6.11. The fraction of sp³-hybridized carbons (Fsp3) is 0. The van der Waals surface area contributed by atoms with Crippen LogP contribution in [0.4, 0.5) is 0 Å². The summed E-state index contributed by atoms with van der Waals surface area (Å²) in [6.07, 6.45) is 0.927. The van der Waals surface area contributed by atoms with Gasteiger partial charge in [0.2, 0.25) is 0 Å². The Balaban J connectivity index is 2.43. The molecule has 0 atom stereocenters. The van der Waals surface area contributed by atoms with E-state index < -0.39 is 0 Å². The number of benzene rings is 4. The van der Waals surface area contributed by atoms with Gasteiger partial charge in [-0.05, 0) is 38.4 Å². The fourth-order valence-electron chi connectivity index (χ4n) is 2.92. The van der Waals surface area contributed by atoms with Crippen molar-refractivity contribution < 1.29 is 4.79 Å². The predicted octanol–water partition coefficient (Wildman–Crippen LogP) is 5.16. The molecule has 4 aromatic rings. The summed E-state index contributed by atoms with van der Waals surface area (Å²) in [7, 11) is 0. The topological polar surface area (TPSA) is 17.1 Å². The first kappa shape index (κ1) is 10.9. The predicted molar refractivity (Wildman–Crippen MR) is 83.2 cm³/mol. The molecular weight excluding hydrogens is 300 g/mol. The Morgan fingerprint density at radius 1 is 0.842 bits per heavy atom. The number of hydrogen-bond acceptors (Lipinski definition) is 1. The van der Waals surface area contributed by atoms with Crippen molar-refractivity contribution in [2.24, 2.45) is 0 Å². The van der Waals surface area contributed by atoms with Gasteiger partial charge >= 0.3 is 0 Å². The number of hydrogen-bond donors (Lipinski definition) is 0. The lowest BCUT2D eigenvalue weighted by atomic mass is 9.92. The molecule has 0 aliphatic rings. The minimum atomic E-state index is 0.728. The van der Waals surface area contributed by atoms with E-state index in [1.165, 1.54) is 21.5 Å². The largest absolute Gasteiger partial charge is 0.298 e. The third-order valence-corrected chi connectivity index (χ3v) is 4.41. The Hall–Kier alpha value is -1.93. The molecule has 0 aliphatic heterocycles. The second-order valence-electron chi connectivity index (χ2n) is 4.75. The van der Waals surface area contributed by atoms with Crippen LogP contribution in [0, 0.1) is 0 Å². The number of aldehydes is 1. The van der Waals surface area contributed by atoms with Crippen molar-refractivity contribution in [2.45, 2.75) is 0 Å². The zero-order chi connectivity index (χ0) is 13.0. The van der Waals surface area contributed by atoms with E-state index in [0.29, 0.717) is 0 Å². The number of rotatable bonds is 1. The normalized spacial score (nSPS) is 11.6. The minimum absolute atomic E-state index is 0.728. The molecule has 0 aliphatic carbocycles. The van der Waals surface area contributed by atoms with Crippen molar-refractivity contribution in [3.05, 3.63) is 58.6 Å². The summed E-state index contributed by atoms with van der Waals surface area (Å²) in [4.78, 5) is 11.3. The van der Waals surface area contributed by atoms with Crippen LogP contribution in [0.2, 0.25) is 0 Å². The summed E-state index contributed by atoms with van der Waals surface area (Å²) in [6, 6.07) is 16.7. The van der Waals surface area contributed by atoms with Crippen molar-refractivity contribution >= 4 is 54.5 Å². The van der Waals surface area contributed by atoms with Gasteiger partial charge in [-0.2, -0.15) is 0 Å². The molecule has 2 heteroatoms. The summed E-state index contributed by atoms with van der Waals surface area (Å²) in [5, 5.41) is 7.04. The van der Waals surface area contributed by atoms with Crippen molar-refractivity contribution in [3.63, 3.8) is 0 Å². The first-order chi connectivity index (χ1) is 9.29. The molecule has 4 aromatic carbocycles. The van der Waals surface area contributed by atoms with Gasteiger partial charge in [-0.25, -0.2) is 0 Å². The molecule has 90 valence electrons. The van der Waals surface area contributed by atoms with Gasteiger partial charge in [-0.1, -0.05) is 58.4 Å². The van der Waals surface area contributed by atoms with Gasteiger partial charge in [0.1, 0.15) is 0 Å². The smallest absolute Gasteiger partial charge is 0.151 e. The van der Waals surface area contributed by atoms with Crippen molar-refractivity contribution in [3.8, 4) is 0 Å². The average Bonchev–Trinajstić information content (AvgIpc) is 2.44. The van der Waals surface area contributed by atoms with Gasteiger partial charge < -0.3 is 0 Å². The molecule has 0 aromatic heterocycles. The molecule has 4 rings (SSSR count). The van der Waals surface area contributed by atoms with Crippen molar-refractivity contribution in [1.82, 2.24) is 0 Å². The molecule has 0 heterocycles. The molecule has 0 spiro atoms. The van der Waals surface area contributed by atoms with Gasteiger partial charge in [0, 0.05) is 10.0 Å². The Labute approximate surface area is 118 Å². The lowest BCUT2D eigenvalue weighted by Gasteiger charge is -2.12. The van der Waals surface area contributed by atoms with Gasteiger partial charge in [0.15, 0.2) is 6.29 Å². The molecule has 1 nitrogen and oxygen atoms in total. The summed E-state index contributed by atoms with van der Waals surface area (Å²) in [5.41, 5.74) is 0.728. The highest BCUT2D eigenvalue weighted by molar-refractivity contribution is 9.10. The molecule has 0 amide bonds. The maximum absolute atomic E-state index is 11.3. The highest BCUT2D eigenvalue weighted by Gasteiger charge is 2.12. The number of carbonyl (C=O) groups excluding carboxylic acids is 1. The second-order valence-corrected chi connectivity index (χ2v) is 5.60. The monoisotopic (exact) mass is 308 g/mol.